The largest absolute Gasteiger partial charge is 0.416 e. The van der Waals surface area contributed by atoms with Crippen LogP contribution < -0.4 is 10.6 Å². The first-order chi connectivity index (χ1) is 13.6. The Labute approximate surface area is 166 Å². The molecular formula is C20H25F4N3O2. The number of benzene rings is 1. The van der Waals surface area contributed by atoms with Crippen molar-refractivity contribution in [2.24, 2.45) is 0 Å². The number of likely N-dealkylation sites (tertiary alicyclic amines) is 1. The molecule has 0 spiro atoms. The minimum Gasteiger partial charge on any atom is -0.393 e. The van der Waals surface area contributed by atoms with Crippen LogP contribution in [0.3, 0.4) is 0 Å². The predicted molar refractivity (Wildman–Crippen MR) is 99.6 cm³/mol. The maximum Gasteiger partial charge on any atom is 0.416 e. The maximum atomic E-state index is 13.4. The molecule has 0 bridgehead atoms. The molecule has 2 aliphatic rings. The van der Waals surface area contributed by atoms with Gasteiger partial charge >= 0.3 is 6.18 Å². The van der Waals surface area contributed by atoms with Gasteiger partial charge in [-0.15, -0.1) is 0 Å². The van der Waals surface area contributed by atoms with Gasteiger partial charge in [-0.05, 0) is 43.9 Å². The molecule has 29 heavy (non-hydrogen) atoms. The maximum absolute atomic E-state index is 13.4. The summed E-state index contributed by atoms with van der Waals surface area (Å²) < 4.78 is 51.7. The van der Waals surface area contributed by atoms with Gasteiger partial charge in [-0.3, -0.25) is 9.69 Å². The second-order valence-corrected chi connectivity index (χ2v) is 7.77. The fourth-order valence-corrected chi connectivity index (χ4v) is 3.84. The van der Waals surface area contributed by atoms with Crippen LogP contribution >= 0.6 is 0 Å². The van der Waals surface area contributed by atoms with Gasteiger partial charge in [0.25, 0.3) is 5.91 Å². The molecule has 3 rings (SSSR count). The fourth-order valence-electron chi connectivity index (χ4n) is 3.84. The summed E-state index contributed by atoms with van der Waals surface area (Å²) in [5.41, 5.74) is -1.06. The Morgan fingerprint density at radius 2 is 1.83 bits per heavy atom. The Kier molecular flexibility index (Phi) is 6.48. The number of hydrogen-bond acceptors (Lipinski definition) is 4. The third kappa shape index (κ3) is 5.70. The number of halogens is 4. The molecule has 0 aromatic heterocycles. The quantitative estimate of drug-likeness (QED) is 0.625. The summed E-state index contributed by atoms with van der Waals surface area (Å²) in [4.78, 5) is 14.4. The van der Waals surface area contributed by atoms with E-state index in [1.54, 1.807) is 0 Å². The second kappa shape index (κ2) is 8.71. The first kappa shape index (κ1) is 21.6. The average Bonchev–Trinajstić information content (AvgIpc) is 2.62. The average molecular weight is 415 g/mol. The lowest BCUT2D eigenvalue weighted by Gasteiger charge is -2.46. The van der Waals surface area contributed by atoms with Crippen molar-refractivity contribution in [3.05, 3.63) is 47.4 Å². The third-order valence-electron chi connectivity index (χ3n) is 5.45. The van der Waals surface area contributed by atoms with E-state index < -0.39 is 23.5 Å². The van der Waals surface area contributed by atoms with Gasteiger partial charge in [-0.2, -0.15) is 13.2 Å². The summed E-state index contributed by atoms with van der Waals surface area (Å²) in [6.45, 7) is 5.54. The van der Waals surface area contributed by atoms with Crippen molar-refractivity contribution >= 4 is 5.91 Å². The molecule has 1 aromatic carbocycles. The second-order valence-electron chi connectivity index (χ2n) is 7.77. The molecule has 1 saturated carbocycles. The number of rotatable bonds is 6. The Morgan fingerprint density at radius 3 is 2.45 bits per heavy atom. The van der Waals surface area contributed by atoms with Crippen molar-refractivity contribution in [3.63, 3.8) is 0 Å². The van der Waals surface area contributed by atoms with Crippen LogP contribution in [0.4, 0.5) is 17.6 Å². The molecule has 1 aliphatic heterocycles. The number of alkyl halides is 3. The number of amides is 1. The van der Waals surface area contributed by atoms with Gasteiger partial charge in [-0.25, -0.2) is 4.39 Å². The molecule has 1 aromatic rings. The lowest BCUT2D eigenvalue weighted by molar-refractivity contribution is -0.137. The van der Waals surface area contributed by atoms with Gasteiger partial charge in [0, 0.05) is 30.4 Å². The Bertz CT molecular complexity index is 755. The third-order valence-corrected chi connectivity index (χ3v) is 5.45. The van der Waals surface area contributed by atoms with Gasteiger partial charge in [0.2, 0.25) is 0 Å². The van der Waals surface area contributed by atoms with Crippen LogP contribution in [0.15, 0.2) is 30.5 Å². The zero-order chi connectivity index (χ0) is 21.2. The molecule has 5 nitrogen and oxygen atoms in total. The van der Waals surface area contributed by atoms with E-state index in [-0.39, 0.29) is 24.3 Å². The molecule has 3 N–H and O–H groups in total. The van der Waals surface area contributed by atoms with E-state index in [0.717, 1.165) is 44.8 Å². The van der Waals surface area contributed by atoms with Gasteiger partial charge in [0.05, 0.1) is 24.3 Å². The Morgan fingerprint density at radius 1 is 1.17 bits per heavy atom. The Balaban J connectivity index is 1.42. The van der Waals surface area contributed by atoms with Crippen molar-refractivity contribution in [1.82, 2.24) is 15.5 Å². The molecular weight excluding hydrogens is 390 g/mol. The van der Waals surface area contributed by atoms with Crippen molar-refractivity contribution in [3.8, 4) is 0 Å². The van der Waals surface area contributed by atoms with E-state index in [4.69, 9.17) is 0 Å². The topological polar surface area (TPSA) is 64.6 Å². The van der Waals surface area contributed by atoms with Crippen LogP contribution in [0, 0.1) is 5.82 Å². The number of nitrogens with zero attached hydrogens (tertiary/aromatic N) is 1. The summed E-state index contributed by atoms with van der Waals surface area (Å²) in [6, 6.07) is 2.43. The zero-order valence-corrected chi connectivity index (χ0v) is 15.9. The summed E-state index contributed by atoms with van der Waals surface area (Å²) in [5.74, 6) is -1.92. The number of nitrogens with one attached hydrogen (secondary N) is 2. The SMILES string of the molecule is C=C(CNC(=O)c1cc(F)cc(C(F)(F)F)c1)NC1CN([C@H]2CC[C@H](O)CC2)C1. The van der Waals surface area contributed by atoms with Crippen LogP contribution in [-0.4, -0.2) is 53.7 Å². The number of aliphatic hydroxyl groups excluding tert-OH is 1. The van der Waals surface area contributed by atoms with Crippen LogP contribution in [0.5, 0.6) is 0 Å². The van der Waals surface area contributed by atoms with Gasteiger partial charge in [0.15, 0.2) is 0 Å². The van der Waals surface area contributed by atoms with Gasteiger partial charge in [0.1, 0.15) is 5.82 Å². The highest BCUT2D eigenvalue weighted by molar-refractivity contribution is 5.94. The lowest BCUT2D eigenvalue weighted by Crippen LogP contribution is -2.61. The number of aliphatic hydroxyl groups is 1. The monoisotopic (exact) mass is 415 g/mol. The molecule has 2 fully saturated rings. The first-order valence-electron chi connectivity index (χ1n) is 9.64. The molecule has 1 heterocycles. The molecule has 9 heteroatoms. The van der Waals surface area contributed by atoms with Crippen molar-refractivity contribution in [2.75, 3.05) is 19.6 Å². The lowest BCUT2D eigenvalue weighted by atomic mass is 9.89. The molecule has 0 atom stereocenters. The number of carbonyl (C=O) groups is 1. The minimum atomic E-state index is -4.73. The van der Waals surface area contributed by atoms with Gasteiger partial charge in [-0.1, -0.05) is 6.58 Å². The van der Waals surface area contributed by atoms with E-state index in [0.29, 0.717) is 23.9 Å². The highest BCUT2D eigenvalue weighted by Gasteiger charge is 2.34. The van der Waals surface area contributed by atoms with Crippen molar-refractivity contribution in [2.45, 2.75) is 50.0 Å². The van der Waals surface area contributed by atoms with Gasteiger partial charge < -0.3 is 15.7 Å². The molecule has 1 saturated heterocycles. The van der Waals surface area contributed by atoms with Crippen LogP contribution in [0.1, 0.15) is 41.6 Å². The Hall–Kier alpha value is -2.13. The van der Waals surface area contributed by atoms with Crippen LogP contribution in [0.2, 0.25) is 0 Å². The molecule has 1 aliphatic carbocycles. The van der Waals surface area contributed by atoms with E-state index in [2.05, 4.69) is 22.1 Å². The highest BCUT2D eigenvalue weighted by Crippen LogP contribution is 2.30. The summed E-state index contributed by atoms with van der Waals surface area (Å²) in [7, 11) is 0. The summed E-state index contributed by atoms with van der Waals surface area (Å²) in [6.07, 6.45) is -1.29. The molecule has 160 valence electrons. The molecule has 0 radical (unpaired) electrons. The summed E-state index contributed by atoms with van der Waals surface area (Å²) >= 11 is 0. The molecule has 1 amide bonds. The highest BCUT2D eigenvalue weighted by atomic mass is 19.4. The van der Waals surface area contributed by atoms with Crippen molar-refractivity contribution in [1.29, 1.82) is 0 Å². The minimum absolute atomic E-state index is 0.0306. The normalized spacial score (nSPS) is 23.3. The fraction of sp³-hybridized carbons (Fsp3) is 0.550. The molecule has 0 unspecified atom stereocenters. The van der Waals surface area contributed by atoms with E-state index in [9.17, 15) is 27.5 Å². The van der Waals surface area contributed by atoms with E-state index in [1.165, 1.54) is 0 Å². The summed E-state index contributed by atoms with van der Waals surface area (Å²) in [5, 5.41) is 15.2. The predicted octanol–water partition coefficient (Wildman–Crippen LogP) is 2.67. The smallest absolute Gasteiger partial charge is 0.393 e. The standard InChI is InChI=1S/C20H25F4N3O2/c1-12(26-16-10-27(11-16)17-2-4-18(28)5-3-17)9-25-19(29)13-6-14(20(22,23)24)8-15(21)7-13/h6-8,16-18,26,28H,1-5,9-11H2,(H,25,29)/t17-,18-. The van der Waals surface area contributed by atoms with E-state index >= 15 is 0 Å². The van der Waals surface area contributed by atoms with Crippen molar-refractivity contribution < 1.29 is 27.5 Å². The number of hydrogen-bond donors (Lipinski definition) is 3. The number of carbonyl (C=O) groups excluding carboxylic acids is 1. The van der Waals surface area contributed by atoms with E-state index in [1.807, 2.05) is 0 Å². The van der Waals surface area contributed by atoms with Crippen LogP contribution in [-0.2, 0) is 6.18 Å². The first-order valence-corrected chi connectivity index (χ1v) is 9.64. The van der Waals surface area contributed by atoms with Crippen LogP contribution in [0.25, 0.3) is 0 Å². The zero-order valence-electron chi connectivity index (χ0n) is 15.9.